The third kappa shape index (κ3) is 2.74. The lowest BCUT2D eigenvalue weighted by Crippen LogP contribution is -2.20. The molecule has 1 atom stereocenters. The predicted octanol–water partition coefficient (Wildman–Crippen LogP) is 3.19. The second kappa shape index (κ2) is 4.33. The summed E-state index contributed by atoms with van der Waals surface area (Å²) in [5.41, 5.74) is 6.02. The van der Waals surface area contributed by atoms with E-state index >= 15 is 0 Å². The summed E-state index contributed by atoms with van der Waals surface area (Å²) < 4.78 is 36.9. The number of hydrogen-bond acceptors (Lipinski definition) is 2. The first-order valence-electron chi connectivity index (χ1n) is 5.12. The summed E-state index contributed by atoms with van der Waals surface area (Å²) in [5.74, 6) is 0. The standard InChI is InChI=1S/C12H11F3N2/c13-12(14,15)5-11(16)10-7-17-6-8-3-1-2-4-9(8)10/h1-4,6-7,11H,5,16H2. The lowest BCUT2D eigenvalue weighted by molar-refractivity contribution is -0.138. The van der Waals surface area contributed by atoms with Crippen molar-refractivity contribution < 1.29 is 13.2 Å². The van der Waals surface area contributed by atoms with Gasteiger partial charge in [0.2, 0.25) is 0 Å². The lowest BCUT2D eigenvalue weighted by Gasteiger charge is -2.15. The first-order valence-corrected chi connectivity index (χ1v) is 5.12. The largest absolute Gasteiger partial charge is 0.390 e. The molecule has 2 N–H and O–H groups in total. The molecule has 0 radical (unpaired) electrons. The summed E-state index contributed by atoms with van der Waals surface area (Å²) in [6, 6.07) is 6.05. The SMILES string of the molecule is NC(CC(F)(F)F)c1cncc2ccccc12. The number of alkyl halides is 3. The highest BCUT2D eigenvalue weighted by Crippen LogP contribution is 2.30. The van der Waals surface area contributed by atoms with Crippen molar-refractivity contribution in [3.05, 3.63) is 42.2 Å². The van der Waals surface area contributed by atoms with Crippen LogP contribution >= 0.6 is 0 Å². The summed E-state index contributed by atoms with van der Waals surface area (Å²) in [7, 11) is 0. The minimum atomic E-state index is -4.27. The van der Waals surface area contributed by atoms with E-state index < -0.39 is 18.6 Å². The van der Waals surface area contributed by atoms with Crippen molar-refractivity contribution in [2.75, 3.05) is 0 Å². The van der Waals surface area contributed by atoms with Crippen molar-refractivity contribution in [1.29, 1.82) is 0 Å². The maximum absolute atomic E-state index is 12.3. The summed E-state index contributed by atoms with van der Waals surface area (Å²) >= 11 is 0. The van der Waals surface area contributed by atoms with E-state index in [4.69, 9.17) is 5.73 Å². The first-order chi connectivity index (χ1) is 7.97. The zero-order valence-electron chi connectivity index (χ0n) is 8.91. The van der Waals surface area contributed by atoms with Gasteiger partial charge in [-0.15, -0.1) is 0 Å². The quantitative estimate of drug-likeness (QED) is 0.875. The smallest absolute Gasteiger partial charge is 0.324 e. The normalized spacial score (nSPS) is 13.9. The number of rotatable bonds is 2. The van der Waals surface area contributed by atoms with E-state index in [9.17, 15) is 13.2 Å². The van der Waals surface area contributed by atoms with Gasteiger partial charge in [0.25, 0.3) is 0 Å². The molecule has 90 valence electrons. The van der Waals surface area contributed by atoms with E-state index in [0.717, 1.165) is 10.8 Å². The Kier molecular flexibility index (Phi) is 3.02. The van der Waals surface area contributed by atoms with Crippen LogP contribution in [0.15, 0.2) is 36.7 Å². The third-order valence-corrected chi connectivity index (χ3v) is 2.55. The number of benzene rings is 1. The number of hydrogen-bond donors (Lipinski definition) is 1. The molecular weight excluding hydrogens is 229 g/mol. The molecule has 17 heavy (non-hydrogen) atoms. The summed E-state index contributed by atoms with van der Waals surface area (Å²) in [5, 5.41) is 1.52. The molecule has 2 aromatic rings. The highest BCUT2D eigenvalue weighted by Gasteiger charge is 2.31. The molecule has 1 heterocycles. The van der Waals surface area contributed by atoms with Gasteiger partial charge in [0.15, 0.2) is 0 Å². The van der Waals surface area contributed by atoms with E-state index in [0.29, 0.717) is 5.56 Å². The molecule has 2 rings (SSSR count). The van der Waals surface area contributed by atoms with Crippen LogP contribution in [0.25, 0.3) is 10.8 Å². The van der Waals surface area contributed by atoms with E-state index in [1.807, 2.05) is 6.07 Å². The van der Waals surface area contributed by atoms with Crippen LogP contribution in [0.4, 0.5) is 13.2 Å². The second-order valence-corrected chi connectivity index (χ2v) is 3.88. The zero-order valence-corrected chi connectivity index (χ0v) is 8.91. The molecule has 1 aromatic carbocycles. The van der Waals surface area contributed by atoms with Gasteiger partial charge < -0.3 is 5.73 Å². The van der Waals surface area contributed by atoms with E-state index in [2.05, 4.69) is 4.98 Å². The summed E-state index contributed by atoms with van der Waals surface area (Å²) in [6.07, 6.45) is -2.29. The molecule has 2 nitrogen and oxygen atoms in total. The van der Waals surface area contributed by atoms with Crippen LogP contribution in [0.1, 0.15) is 18.0 Å². The van der Waals surface area contributed by atoms with Gasteiger partial charge >= 0.3 is 6.18 Å². The van der Waals surface area contributed by atoms with Crippen LogP contribution in [0.2, 0.25) is 0 Å². The average molecular weight is 240 g/mol. The van der Waals surface area contributed by atoms with E-state index in [-0.39, 0.29) is 0 Å². The fourth-order valence-corrected chi connectivity index (χ4v) is 1.79. The number of nitrogens with two attached hydrogens (primary N) is 1. The van der Waals surface area contributed by atoms with Crippen molar-refractivity contribution in [3.63, 3.8) is 0 Å². The van der Waals surface area contributed by atoms with Gasteiger partial charge in [-0.1, -0.05) is 24.3 Å². The van der Waals surface area contributed by atoms with Crippen LogP contribution in [-0.2, 0) is 0 Å². The lowest BCUT2D eigenvalue weighted by atomic mass is 10.00. The van der Waals surface area contributed by atoms with Gasteiger partial charge in [-0.3, -0.25) is 4.98 Å². The van der Waals surface area contributed by atoms with Crippen molar-refractivity contribution in [2.45, 2.75) is 18.6 Å². The molecule has 0 aliphatic rings. The van der Waals surface area contributed by atoms with Gasteiger partial charge in [-0.25, -0.2) is 0 Å². The molecule has 1 aromatic heterocycles. The molecule has 5 heteroatoms. The van der Waals surface area contributed by atoms with Gasteiger partial charge in [0.1, 0.15) is 0 Å². The van der Waals surface area contributed by atoms with Crippen LogP contribution in [0, 0.1) is 0 Å². The topological polar surface area (TPSA) is 38.9 Å². The van der Waals surface area contributed by atoms with Crippen molar-refractivity contribution >= 4 is 10.8 Å². The Labute approximate surface area is 96.3 Å². The highest BCUT2D eigenvalue weighted by atomic mass is 19.4. The Morgan fingerprint density at radius 2 is 1.88 bits per heavy atom. The Bertz CT molecular complexity index is 517. The third-order valence-electron chi connectivity index (χ3n) is 2.55. The number of nitrogens with zero attached hydrogens (tertiary/aromatic N) is 1. The van der Waals surface area contributed by atoms with Crippen LogP contribution in [0.5, 0.6) is 0 Å². The summed E-state index contributed by atoms with van der Waals surface area (Å²) in [6.45, 7) is 0. The molecule has 0 fully saturated rings. The molecular formula is C12H11F3N2. The van der Waals surface area contributed by atoms with Crippen molar-refractivity contribution in [1.82, 2.24) is 4.98 Å². The fourth-order valence-electron chi connectivity index (χ4n) is 1.79. The molecule has 0 aliphatic carbocycles. The van der Waals surface area contributed by atoms with Crippen molar-refractivity contribution in [2.24, 2.45) is 5.73 Å². The highest BCUT2D eigenvalue weighted by molar-refractivity contribution is 5.85. The number of pyridine rings is 1. The van der Waals surface area contributed by atoms with Gasteiger partial charge in [-0.2, -0.15) is 13.2 Å². The molecule has 0 saturated carbocycles. The second-order valence-electron chi connectivity index (χ2n) is 3.88. The zero-order chi connectivity index (χ0) is 12.5. The van der Waals surface area contributed by atoms with Gasteiger partial charge in [0, 0.05) is 23.8 Å². The number of aromatic nitrogens is 1. The molecule has 0 aliphatic heterocycles. The van der Waals surface area contributed by atoms with Gasteiger partial charge in [0.05, 0.1) is 6.42 Å². The van der Waals surface area contributed by atoms with Crippen LogP contribution < -0.4 is 5.73 Å². The minimum Gasteiger partial charge on any atom is -0.324 e. The maximum Gasteiger partial charge on any atom is 0.390 e. The van der Waals surface area contributed by atoms with Crippen molar-refractivity contribution in [3.8, 4) is 0 Å². The summed E-state index contributed by atoms with van der Waals surface area (Å²) in [4.78, 5) is 3.92. The predicted molar refractivity (Wildman–Crippen MR) is 59.3 cm³/mol. The molecule has 0 spiro atoms. The molecule has 1 unspecified atom stereocenters. The Balaban J connectivity index is 2.41. The monoisotopic (exact) mass is 240 g/mol. The van der Waals surface area contributed by atoms with E-state index in [1.54, 1.807) is 24.4 Å². The Morgan fingerprint density at radius 1 is 1.18 bits per heavy atom. The fraction of sp³-hybridized carbons (Fsp3) is 0.250. The number of fused-ring (bicyclic) bond motifs is 1. The number of halogens is 3. The minimum absolute atomic E-state index is 0.431. The average Bonchev–Trinajstić information content (AvgIpc) is 2.26. The Hall–Kier alpha value is -1.62. The molecule has 0 amide bonds. The van der Waals surface area contributed by atoms with Gasteiger partial charge in [-0.05, 0) is 10.9 Å². The van der Waals surface area contributed by atoms with E-state index in [1.165, 1.54) is 6.20 Å². The molecule has 0 saturated heterocycles. The van der Waals surface area contributed by atoms with Crippen LogP contribution in [0.3, 0.4) is 0 Å². The van der Waals surface area contributed by atoms with Crippen LogP contribution in [-0.4, -0.2) is 11.2 Å². The maximum atomic E-state index is 12.3. The molecule has 0 bridgehead atoms. The first kappa shape index (κ1) is 11.9. The Morgan fingerprint density at radius 3 is 2.59 bits per heavy atom.